The SMILES string of the molecule is COc1ccc(C2Sc3ccccc3N(CCN(C)CCc3ccc4c(c3)OCO4)C(=O)C2O)cc1. The number of anilines is 1. The van der Waals surface area contributed by atoms with E-state index in [-0.39, 0.29) is 12.7 Å². The molecule has 2 unspecified atom stereocenters. The lowest BCUT2D eigenvalue weighted by molar-refractivity contribution is -0.126. The van der Waals surface area contributed by atoms with Gasteiger partial charge in [0, 0.05) is 24.5 Å². The van der Waals surface area contributed by atoms with E-state index in [9.17, 15) is 9.90 Å². The number of hydrogen-bond acceptors (Lipinski definition) is 7. The smallest absolute Gasteiger partial charge is 0.257 e. The molecule has 0 radical (unpaired) electrons. The van der Waals surface area contributed by atoms with E-state index in [2.05, 4.69) is 11.0 Å². The Morgan fingerprint density at radius 1 is 1.06 bits per heavy atom. The molecule has 188 valence electrons. The maximum absolute atomic E-state index is 13.5. The first-order valence-corrected chi connectivity index (χ1v) is 12.9. The largest absolute Gasteiger partial charge is 0.497 e. The van der Waals surface area contributed by atoms with Gasteiger partial charge in [-0.15, -0.1) is 11.8 Å². The molecule has 0 bridgehead atoms. The molecule has 0 aliphatic carbocycles. The number of benzene rings is 3. The molecule has 1 N–H and O–H groups in total. The van der Waals surface area contributed by atoms with Crippen molar-refractivity contribution in [2.45, 2.75) is 22.7 Å². The predicted molar refractivity (Wildman–Crippen MR) is 140 cm³/mol. The van der Waals surface area contributed by atoms with Crippen molar-refractivity contribution < 1.29 is 24.1 Å². The molecule has 8 heteroatoms. The van der Waals surface area contributed by atoms with Crippen molar-refractivity contribution in [3.05, 3.63) is 77.9 Å². The van der Waals surface area contributed by atoms with Crippen LogP contribution in [0.25, 0.3) is 0 Å². The number of likely N-dealkylation sites (N-methyl/N-ethyl adjacent to an activating group) is 1. The standard InChI is InChI=1S/C28H30N2O5S/c1-29(14-13-19-7-12-23-24(17-19)35-18-34-23)15-16-30-22-5-3-4-6-25(22)36-27(26(31)28(30)32)20-8-10-21(33-2)11-9-20/h3-12,17,26-27,31H,13-16,18H2,1-2H3. The fourth-order valence-corrected chi connectivity index (χ4v) is 5.73. The number of fused-ring (bicyclic) bond motifs is 2. The van der Waals surface area contributed by atoms with E-state index in [0.717, 1.165) is 46.4 Å². The van der Waals surface area contributed by atoms with Gasteiger partial charge in [0.15, 0.2) is 11.5 Å². The summed E-state index contributed by atoms with van der Waals surface area (Å²) in [6.45, 7) is 2.26. The molecule has 2 heterocycles. The van der Waals surface area contributed by atoms with E-state index in [0.29, 0.717) is 13.1 Å². The fourth-order valence-electron chi connectivity index (χ4n) is 4.46. The number of carbonyl (C=O) groups is 1. The number of nitrogens with zero attached hydrogens (tertiary/aromatic N) is 2. The summed E-state index contributed by atoms with van der Waals surface area (Å²) in [5.74, 6) is 2.04. The molecule has 0 aromatic heterocycles. The van der Waals surface area contributed by atoms with Crippen molar-refractivity contribution in [3.8, 4) is 17.2 Å². The summed E-state index contributed by atoms with van der Waals surface area (Å²) < 4.78 is 16.1. The molecule has 1 amide bonds. The molecule has 2 aliphatic heterocycles. The third-order valence-electron chi connectivity index (χ3n) is 6.58. The van der Waals surface area contributed by atoms with Crippen LogP contribution in [0, 0.1) is 0 Å². The van der Waals surface area contributed by atoms with Gasteiger partial charge in [-0.05, 0) is 61.0 Å². The highest BCUT2D eigenvalue weighted by Gasteiger charge is 2.37. The summed E-state index contributed by atoms with van der Waals surface area (Å²) in [5.41, 5.74) is 2.90. The molecule has 2 aliphatic rings. The van der Waals surface area contributed by atoms with E-state index >= 15 is 0 Å². The van der Waals surface area contributed by atoms with E-state index in [1.54, 1.807) is 12.0 Å². The summed E-state index contributed by atoms with van der Waals surface area (Å²) in [6, 6.07) is 21.4. The Balaban J connectivity index is 1.27. The molecule has 2 atom stereocenters. The van der Waals surface area contributed by atoms with Crippen LogP contribution in [0.2, 0.25) is 0 Å². The maximum atomic E-state index is 13.5. The highest BCUT2D eigenvalue weighted by Crippen LogP contribution is 2.45. The zero-order valence-electron chi connectivity index (χ0n) is 20.4. The quantitative estimate of drug-likeness (QED) is 0.492. The van der Waals surface area contributed by atoms with Crippen LogP contribution in [0.4, 0.5) is 5.69 Å². The van der Waals surface area contributed by atoms with Gasteiger partial charge in [-0.25, -0.2) is 0 Å². The zero-order chi connectivity index (χ0) is 25.1. The molecule has 5 rings (SSSR count). The lowest BCUT2D eigenvalue weighted by atomic mass is 10.1. The van der Waals surface area contributed by atoms with Gasteiger partial charge in [0.1, 0.15) is 11.9 Å². The van der Waals surface area contributed by atoms with Crippen molar-refractivity contribution in [3.63, 3.8) is 0 Å². The molecule has 7 nitrogen and oxygen atoms in total. The van der Waals surface area contributed by atoms with Crippen molar-refractivity contribution in [1.82, 2.24) is 4.90 Å². The lowest BCUT2D eigenvalue weighted by Crippen LogP contribution is -2.44. The van der Waals surface area contributed by atoms with Gasteiger partial charge in [0.05, 0.1) is 18.0 Å². The Labute approximate surface area is 215 Å². The van der Waals surface area contributed by atoms with Crippen LogP contribution in [0.1, 0.15) is 16.4 Å². The number of amides is 1. The van der Waals surface area contributed by atoms with Crippen molar-refractivity contribution in [2.75, 3.05) is 45.5 Å². The summed E-state index contributed by atoms with van der Waals surface area (Å²) in [6.07, 6.45) is -0.301. The minimum Gasteiger partial charge on any atom is -0.497 e. The van der Waals surface area contributed by atoms with E-state index < -0.39 is 11.4 Å². The zero-order valence-corrected chi connectivity index (χ0v) is 21.2. The van der Waals surface area contributed by atoms with E-state index in [4.69, 9.17) is 14.2 Å². The van der Waals surface area contributed by atoms with Crippen molar-refractivity contribution in [2.24, 2.45) is 0 Å². The fraction of sp³-hybridized carbons (Fsp3) is 0.321. The van der Waals surface area contributed by atoms with Crippen LogP contribution in [-0.2, 0) is 11.2 Å². The average Bonchev–Trinajstić information content (AvgIpc) is 3.35. The monoisotopic (exact) mass is 506 g/mol. The van der Waals surface area contributed by atoms with Crippen LogP contribution < -0.4 is 19.1 Å². The van der Waals surface area contributed by atoms with Gasteiger partial charge in [-0.3, -0.25) is 4.79 Å². The first-order chi connectivity index (χ1) is 17.5. The number of methoxy groups -OCH3 is 1. The van der Waals surface area contributed by atoms with Gasteiger partial charge in [0.25, 0.3) is 5.91 Å². The van der Waals surface area contributed by atoms with Crippen LogP contribution in [0.3, 0.4) is 0 Å². The van der Waals surface area contributed by atoms with Gasteiger partial charge in [0.2, 0.25) is 6.79 Å². The predicted octanol–water partition coefficient (Wildman–Crippen LogP) is 4.14. The Kier molecular flexibility index (Phi) is 7.36. The Morgan fingerprint density at radius 3 is 2.64 bits per heavy atom. The van der Waals surface area contributed by atoms with Gasteiger partial charge in [-0.1, -0.05) is 30.3 Å². The van der Waals surface area contributed by atoms with E-state index in [1.807, 2.05) is 67.7 Å². The molecular formula is C28H30N2O5S. The number of hydrogen-bond donors (Lipinski definition) is 1. The normalized spacial score (nSPS) is 18.8. The number of thioether (sulfide) groups is 1. The minimum absolute atomic E-state index is 0.271. The molecule has 3 aromatic rings. The number of para-hydroxylation sites is 1. The lowest BCUT2D eigenvalue weighted by Gasteiger charge is -2.27. The summed E-state index contributed by atoms with van der Waals surface area (Å²) >= 11 is 1.52. The van der Waals surface area contributed by atoms with Crippen LogP contribution in [0.15, 0.2) is 71.6 Å². The van der Waals surface area contributed by atoms with Crippen molar-refractivity contribution in [1.29, 1.82) is 0 Å². The molecule has 0 fully saturated rings. The molecule has 3 aromatic carbocycles. The second-order valence-electron chi connectivity index (χ2n) is 8.95. The molecule has 0 spiro atoms. The number of carbonyl (C=O) groups excluding carboxylic acids is 1. The second-order valence-corrected chi connectivity index (χ2v) is 10.1. The number of rotatable bonds is 8. The average molecular weight is 507 g/mol. The maximum Gasteiger partial charge on any atom is 0.257 e. The number of ether oxygens (including phenoxy) is 3. The third-order valence-corrected chi connectivity index (χ3v) is 7.97. The minimum atomic E-state index is -1.16. The van der Waals surface area contributed by atoms with Crippen LogP contribution >= 0.6 is 11.8 Å². The Morgan fingerprint density at radius 2 is 1.83 bits per heavy atom. The Hall–Kier alpha value is -3.20. The van der Waals surface area contributed by atoms with Gasteiger partial charge >= 0.3 is 0 Å². The molecular weight excluding hydrogens is 476 g/mol. The van der Waals surface area contributed by atoms with Gasteiger partial charge in [-0.2, -0.15) is 0 Å². The molecule has 36 heavy (non-hydrogen) atoms. The third kappa shape index (κ3) is 5.16. The van der Waals surface area contributed by atoms with Crippen LogP contribution in [-0.4, -0.2) is 62.6 Å². The van der Waals surface area contributed by atoms with Gasteiger partial charge < -0.3 is 29.1 Å². The molecule has 0 saturated heterocycles. The first-order valence-electron chi connectivity index (χ1n) is 12.0. The topological polar surface area (TPSA) is 71.5 Å². The highest BCUT2D eigenvalue weighted by molar-refractivity contribution is 7.99. The van der Waals surface area contributed by atoms with Crippen molar-refractivity contribution >= 4 is 23.4 Å². The Bertz CT molecular complexity index is 1220. The summed E-state index contributed by atoms with van der Waals surface area (Å²) in [5, 5.41) is 10.8. The summed E-state index contributed by atoms with van der Waals surface area (Å²) in [7, 11) is 3.67. The number of aliphatic hydroxyl groups is 1. The van der Waals surface area contributed by atoms with Crippen LogP contribution in [0.5, 0.6) is 17.2 Å². The molecule has 0 saturated carbocycles. The van der Waals surface area contributed by atoms with E-state index in [1.165, 1.54) is 17.3 Å². The highest BCUT2D eigenvalue weighted by atomic mass is 32.2. The number of aliphatic hydroxyl groups excluding tert-OH is 1. The summed E-state index contributed by atoms with van der Waals surface area (Å²) in [4.78, 5) is 18.4. The second kappa shape index (κ2) is 10.8. The first kappa shape index (κ1) is 24.5.